The summed E-state index contributed by atoms with van der Waals surface area (Å²) >= 11 is 0. The van der Waals surface area contributed by atoms with Gasteiger partial charge in [-0.05, 0) is 32.0 Å². The summed E-state index contributed by atoms with van der Waals surface area (Å²) in [6, 6.07) is 5.33. The lowest BCUT2D eigenvalue weighted by Gasteiger charge is -2.14. The number of aromatic nitrogens is 3. The van der Waals surface area contributed by atoms with Crippen molar-refractivity contribution in [2.45, 2.75) is 19.9 Å². The van der Waals surface area contributed by atoms with E-state index in [1.165, 1.54) is 22.9 Å². The van der Waals surface area contributed by atoms with Crippen LogP contribution in [0.25, 0.3) is 22.5 Å². The predicted molar refractivity (Wildman–Crippen MR) is 98.8 cm³/mol. The summed E-state index contributed by atoms with van der Waals surface area (Å²) in [5.41, 5.74) is 5.33. The third-order valence-corrected chi connectivity index (χ3v) is 4.03. The van der Waals surface area contributed by atoms with Crippen LogP contribution in [0, 0.1) is 11.6 Å². The molecule has 0 aliphatic heterocycles. The van der Waals surface area contributed by atoms with Crippen molar-refractivity contribution in [1.29, 1.82) is 0 Å². The van der Waals surface area contributed by atoms with Crippen molar-refractivity contribution in [1.82, 2.24) is 14.5 Å². The van der Waals surface area contributed by atoms with Gasteiger partial charge in [0.25, 0.3) is 5.56 Å². The van der Waals surface area contributed by atoms with Crippen LogP contribution in [0.3, 0.4) is 0 Å². The number of halogens is 2. The SMILES string of the molecule is CC(C)n1cc(-c2nc(C(=O)O)c(N)nc2-c2cc(F)cc(F)c2)ccc1=O. The second-order valence-electron chi connectivity index (χ2n) is 6.37. The Morgan fingerprint density at radius 2 is 1.68 bits per heavy atom. The van der Waals surface area contributed by atoms with Gasteiger partial charge >= 0.3 is 5.97 Å². The highest BCUT2D eigenvalue weighted by atomic mass is 19.1. The molecule has 3 rings (SSSR count). The molecule has 9 heteroatoms. The van der Waals surface area contributed by atoms with Crippen LogP contribution in [-0.2, 0) is 0 Å². The van der Waals surface area contributed by atoms with Gasteiger partial charge in [0.2, 0.25) is 0 Å². The highest BCUT2D eigenvalue weighted by Gasteiger charge is 2.21. The lowest BCUT2D eigenvalue weighted by Crippen LogP contribution is -2.20. The number of nitrogens with zero attached hydrogens (tertiary/aromatic N) is 3. The summed E-state index contributed by atoms with van der Waals surface area (Å²) in [4.78, 5) is 31.6. The Bertz CT molecular complexity index is 1120. The standard InChI is InChI=1S/C19H16F2N4O3/c1-9(2)25-8-10(3-4-14(25)26)15-16(11-5-12(20)7-13(21)6-11)24-18(22)17(23-15)19(27)28/h3-9H,1-2H3,(H2,22,24)(H,27,28). The average molecular weight is 386 g/mol. The average Bonchev–Trinajstić information content (AvgIpc) is 2.60. The minimum absolute atomic E-state index is 0.00476. The zero-order valence-corrected chi connectivity index (χ0v) is 15.0. The molecule has 0 saturated carbocycles. The van der Waals surface area contributed by atoms with Gasteiger partial charge < -0.3 is 15.4 Å². The van der Waals surface area contributed by atoms with E-state index in [9.17, 15) is 23.5 Å². The highest BCUT2D eigenvalue weighted by Crippen LogP contribution is 2.31. The maximum atomic E-state index is 13.7. The molecule has 7 nitrogen and oxygen atoms in total. The van der Waals surface area contributed by atoms with Crippen molar-refractivity contribution in [3.05, 3.63) is 64.2 Å². The maximum Gasteiger partial charge on any atom is 0.358 e. The van der Waals surface area contributed by atoms with Gasteiger partial charge in [0.05, 0.1) is 11.4 Å². The Labute approximate surface area is 158 Å². The molecule has 3 N–H and O–H groups in total. The van der Waals surface area contributed by atoms with E-state index in [1.54, 1.807) is 13.8 Å². The predicted octanol–water partition coefficient (Wildman–Crippen LogP) is 3.11. The molecule has 28 heavy (non-hydrogen) atoms. The first-order valence-electron chi connectivity index (χ1n) is 8.27. The minimum Gasteiger partial charge on any atom is -0.476 e. The third-order valence-electron chi connectivity index (χ3n) is 4.03. The normalized spacial score (nSPS) is 11.0. The summed E-state index contributed by atoms with van der Waals surface area (Å²) in [6.45, 7) is 3.59. The fraction of sp³-hybridized carbons (Fsp3) is 0.158. The van der Waals surface area contributed by atoms with E-state index in [2.05, 4.69) is 9.97 Å². The molecular weight excluding hydrogens is 370 g/mol. The van der Waals surface area contributed by atoms with Crippen LogP contribution in [-0.4, -0.2) is 25.6 Å². The quantitative estimate of drug-likeness (QED) is 0.713. The number of nitrogen functional groups attached to an aromatic ring is 1. The number of pyridine rings is 1. The van der Waals surface area contributed by atoms with Crippen molar-refractivity contribution < 1.29 is 18.7 Å². The Morgan fingerprint density at radius 3 is 2.25 bits per heavy atom. The number of anilines is 1. The smallest absolute Gasteiger partial charge is 0.358 e. The number of rotatable bonds is 4. The van der Waals surface area contributed by atoms with Crippen LogP contribution in [0.1, 0.15) is 30.4 Å². The zero-order valence-electron chi connectivity index (χ0n) is 15.0. The second-order valence-corrected chi connectivity index (χ2v) is 6.37. The molecule has 0 spiro atoms. The zero-order chi connectivity index (χ0) is 20.6. The monoisotopic (exact) mass is 386 g/mol. The number of benzene rings is 1. The molecule has 1 aromatic carbocycles. The van der Waals surface area contributed by atoms with Crippen molar-refractivity contribution in [2.75, 3.05) is 5.73 Å². The van der Waals surface area contributed by atoms with Gasteiger partial charge in [-0.15, -0.1) is 0 Å². The molecule has 2 heterocycles. The molecule has 0 fully saturated rings. The first-order chi connectivity index (χ1) is 13.2. The van der Waals surface area contributed by atoms with E-state index in [0.29, 0.717) is 11.6 Å². The van der Waals surface area contributed by atoms with E-state index in [-0.39, 0.29) is 28.6 Å². The van der Waals surface area contributed by atoms with Crippen LogP contribution >= 0.6 is 0 Å². The number of carboxylic acids is 1. The number of carbonyl (C=O) groups is 1. The Morgan fingerprint density at radius 1 is 1.07 bits per heavy atom. The number of hydrogen-bond acceptors (Lipinski definition) is 5. The summed E-state index contributed by atoms with van der Waals surface area (Å²) < 4.78 is 28.9. The Balaban J connectivity index is 2.35. The van der Waals surface area contributed by atoms with Crippen LogP contribution in [0.5, 0.6) is 0 Å². The molecule has 0 aliphatic carbocycles. The first-order valence-corrected chi connectivity index (χ1v) is 8.27. The van der Waals surface area contributed by atoms with Gasteiger partial charge in [-0.1, -0.05) is 0 Å². The van der Waals surface area contributed by atoms with E-state index in [0.717, 1.165) is 12.1 Å². The molecule has 0 radical (unpaired) electrons. The fourth-order valence-corrected chi connectivity index (χ4v) is 2.75. The molecule has 3 aromatic rings. The molecule has 2 aromatic heterocycles. The van der Waals surface area contributed by atoms with Crippen LogP contribution in [0.4, 0.5) is 14.6 Å². The number of hydrogen-bond donors (Lipinski definition) is 2. The van der Waals surface area contributed by atoms with E-state index in [1.807, 2.05) is 0 Å². The molecule has 0 amide bonds. The second kappa shape index (κ2) is 7.18. The minimum atomic E-state index is -1.40. The summed E-state index contributed by atoms with van der Waals surface area (Å²) in [6.07, 6.45) is 1.48. The van der Waals surface area contributed by atoms with E-state index >= 15 is 0 Å². The Hall–Kier alpha value is -3.62. The van der Waals surface area contributed by atoms with E-state index < -0.39 is 29.1 Å². The summed E-state index contributed by atoms with van der Waals surface area (Å²) in [5.74, 6) is -3.47. The molecule has 144 valence electrons. The van der Waals surface area contributed by atoms with Crippen molar-refractivity contribution in [3.63, 3.8) is 0 Å². The molecule has 0 aliphatic rings. The summed E-state index contributed by atoms with van der Waals surface area (Å²) in [7, 11) is 0. The lowest BCUT2D eigenvalue weighted by molar-refractivity contribution is 0.0691. The molecular formula is C19H16F2N4O3. The number of aromatic carboxylic acids is 1. The molecule has 0 atom stereocenters. The summed E-state index contributed by atoms with van der Waals surface area (Å²) in [5, 5.41) is 9.32. The van der Waals surface area contributed by atoms with E-state index in [4.69, 9.17) is 5.73 Å². The number of carboxylic acid groups (broad SMARTS) is 1. The van der Waals surface area contributed by atoms with Crippen LogP contribution in [0.2, 0.25) is 0 Å². The van der Waals surface area contributed by atoms with Gasteiger partial charge in [-0.25, -0.2) is 23.5 Å². The van der Waals surface area contributed by atoms with Gasteiger partial charge in [-0.2, -0.15) is 0 Å². The maximum absolute atomic E-state index is 13.7. The van der Waals surface area contributed by atoms with Crippen LogP contribution < -0.4 is 11.3 Å². The van der Waals surface area contributed by atoms with Crippen molar-refractivity contribution >= 4 is 11.8 Å². The lowest BCUT2D eigenvalue weighted by atomic mass is 10.0. The Kier molecular flexibility index (Phi) is 4.91. The topological polar surface area (TPSA) is 111 Å². The largest absolute Gasteiger partial charge is 0.476 e. The molecule has 0 saturated heterocycles. The fourth-order valence-electron chi connectivity index (χ4n) is 2.75. The van der Waals surface area contributed by atoms with Gasteiger partial charge in [0.15, 0.2) is 11.5 Å². The van der Waals surface area contributed by atoms with Gasteiger partial charge in [-0.3, -0.25) is 4.79 Å². The highest BCUT2D eigenvalue weighted by molar-refractivity contribution is 5.92. The van der Waals surface area contributed by atoms with Gasteiger partial charge in [0, 0.05) is 35.5 Å². The number of nitrogens with two attached hydrogens (primary N) is 1. The molecule has 0 bridgehead atoms. The van der Waals surface area contributed by atoms with Crippen LogP contribution in [0.15, 0.2) is 41.3 Å². The van der Waals surface area contributed by atoms with Crippen molar-refractivity contribution in [3.8, 4) is 22.5 Å². The third kappa shape index (κ3) is 3.59. The first kappa shape index (κ1) is 19.2. The van der Waals surface area contributed by atoms with Gasteiger partial charge in [0.1, 0.15) is 11.6 Å². The van der Waals surface area contributed by atoms with Crippen molar-refractivity contribution in [2.24, 2.45) is 0 Å². The molecule has 0 unspecified atom stereocenters.